The summed E-state index contributed by atoms with van der Waals surface area (Å²) in [6, 6.07) is 3.51. The zero-order valence-corrected chi connectivity index (χ0v) is 13.0. The lowest BCUT2D eigenvalue weighted by molar-refractivity contribution is 0.1000. The summed E-state index contributed by atoms with van der Waals surface area (Å²) in [5.74, 6) is 0.324. The molecular formula is C17H24N4O. The molecule has 2 aliphatic rings. The van der Waals surface area contributed by atoms with Gasteiger partial charge < -0.3 is 10.6 Å². The molecule has 0 spiro atoms. The van der Waals surface area contributed by atoms with Gasteiger partial charge in [0.15, 0.2) is 0 Å². The van der Waals surface area contributed by atoms with E-state index in [0.29, 0.717) is 5.56 Å². The van der Waals surface area contributed by atoms with Crippen LogP contribution in [0.2, 0.25) is 0 Å². The molecule has 1 fully saturated rings. The molecule has 1 amide bonds. The highest BCUT2D eigenvalue weighted by Crippen LogP contribution is 2.21. The summed E-state index contributed by atoms with van der Waals surface area (Å²) in [6.45, 7) is 4.89. The van der Waals surface area contributed by atoms with E-state index in [-0.39, 0.29) is 0 Å². The van der Waals surface area contributed by atoms with E-state index in [9.17, 15) is 4.79 Å². The fourth-order valence-corrected chi connectivity index (χ4v) is 3.29. The zero-order chi connectivity index (χ0) is 15.4. The van der Waals surface area contributed by atoms with Crippen LogP contribution in [0.4, 0.5) is 5.82 Å². The van der Waals surface area contributed by atoms with Gasteiger partial charge >= 0.3 is 0 Å². The SMILES string of the molecule is NC(=O)c1cccnc1N1CCN(CC2=CCCCC2)CC1. The number of aromatic nitrogens is 1. The third-order valence-electron chi connectivity index (χ3n) is 4.54. The van der Waals surface area contributed by atoms with Crippen LogP contribution in [0.3, 0.4) is 0 Å². The summed E-state index contributed by atoms with van der Waals surface area (Å²) in [7, 11) is 0. The van der Waals surface area contributed by atoms with E-state index in [0.717, 1.165) is 38.5 Å². The summed E-state index contributed by atoms with van der Waals surface area (Å²) in [5.41, 5.74) is 7.56. The van der Waals surface area contributed by atoms with Gasteiger partial charge in [0.1, 0.15) is 5.82 Å². The Labute approximate surface area is 131 Å². The molecule has 1 aliphatic carbocycles. The number of carbonyl (C=O) groups is 1. The summed E-state index contributed by atoms with van der Waals surface area (Å²) >= 11 is 0. The van der Waals surface area contributed by atoms with Crippen LogP contribution in [-0.2, 0) is 0 Å². The van der Waals surface area contributed by atoms with Crippen LogP contribution in [-0.4, -0.2) is 48.5 Å². The molecular weight excluding hydrogens is 276 g/mol. The highest BCUT2D eigenvalue weighted by molar-refractivity contribution is 5.97. The Kier molecular flexibility index (Phi) is 4.73. The number of primary amides is 1. The molecule has 1 aromatic rings. The Morgan fingerprint density at radius 1 is 1.23 bits per heavy atom. The summed E-state index contributed by atoms with van der Waals surface area (Å²) in [4.78, 5) is 20.6. The van der Waals surface area contributed by atoms with Crippen molar-refractivity contribution in [2.75, 3.05) is 37.6 Å². The Morgan fingerprint density at radius 3 is 2.73 bits per heavy atom. The quantitative estimate of drug-likeness (QED) is 0.861. The number of piperazine rings is 1. The summed E-state index contributed by atoms with van der Waals surface area (Å²) in [5, 5.41) is 0. The second kappa shape index (κ2) is 6.92. The Hall–Kier alpha value is -1.88. The lowest BCUT2D eigenvalue weighted by Gasteiger charge is -2.36. The van der Waals surface area contributed by atoms with Crippen molar-refractivity contribution in [2.45, 2.75) is 25.7 Å². The molecule has 1 aliphatic heterocycles. The van der Waals surface area contributed by atoms with Crippen molar-refractivity contribution < 1.29 is 4.79 Å². The first-order valence-corrected chi connectivity index (χ1v) is 8.14. The van der Waals surface area contributed by atoms with E-state index in [1.807, 2.05) is 0 Å². The standard InChI is InChI=1S/C17H24N4O/c18-16(22)15-7-4-8-19-17(15)21-11-9-20(10-12-21)13-14-5-2-1-3-6-14/h4-5,7-8H,1-3,6,9-13H2,(H2,18,22). The largest absolute Gasteiger partial charge is 0.365 e. The molecule has 0 radical (unpaired) electrons. The molecule has 0 saturated carbocycles. The van der Waals surface area contributed by atoms with E-state index >= 15 is 0 Å². The maximum atomic E-state index is 11.5. The van der Waals surface area contributed by atoms with E-state index in [1.54, 1.807) is 23.9 Å². The average molecular weight is 300 g/mol. The van der Waals surface area contributed by atoms with E-state index in [2.05, 4.69) is 20.9 Å². The van der Waals surface area contributed by atoms with E-state index < -0.39 is 5.91 Å². The molecule has 0 unspecified atom stereocenters. The van der Waals surface area contributed by atoms with Crippen molar-refractivity contribution >= 4 is 11.7 Å². The molecule has 1 aromatic heterocycles. The number of rotatable bonds is 4. The minimum Gasteiger partial charge on any atom is -0.365 e. The van der Waals surface area contributed by atoms with Crippen LogP contribution in [0, 0.1) is 0 Å². The van der Waals surface area contributed by atoms with Gasteiger partial charge in [0.05, 0.1) is 5.56 Å². The van der Waals surface area contributed by atoms with Gasteiger partial charge in [-0.3, -0.25) is 9.69 Å². The van der Waals surface area contributed by atoms with Gasteiger partial charge in [-0.05, 0) is 37.8 Å². The van der Waals surface area contributed by atoms with Crippen LogP contribution < -0.4 is 10.6 Å². The Balaban J connectivity index is 1.60. The van der Waals surface area contributed by atoms with Gasteiger partial charge in [-0.25, -0.2) is 4.98 Å². The molecule has 0 aromatic carbocycles. The van der Waals surface area contributed by atoms with Crippen molar-refractivity contribution in [2.24, 2.45) is 5.73 Å². The van der Waals surface area contributed by atoms with Crippen molar-refractivity contribution in [3.05, 3.63) is 35.5 Å². The molecule has 2 N–H and O–H groups in total. The van der Waals surface area contributed by atoms with Crippen molar-refractivity contribution in [1.29, 1.82) is 0 Å². The van der Waals surface area contributed by atoms with Gasteiger partial charge in [0.2, 0.25) is 0 Å². The molecule has 0 bridgehead atoms. The number of anilines is 1. The average Bonchev–Trinajstić information content (AvgIpc) is 2.56. The van der Waals surface area contributed by atoms with Crippen LogP contribution >= 0.6 is 0 Å². The van der Waals surface area contributed by atoms with E-state index in [4.69, 9.17) is 5.73 Å². The second-order valence-electron chi connectivity index (χ2n) is 6.11. The van der Waals surface area contributed by atoms with Crippen molar-refractivity contribution in [1.82, 2.24) is 9.88 Å². The first kappa shape index (κ1) is 15.0. The predicted molar refractivity (Wildman–Crippen MR) is 88.0 cm³/mol. The molecule has 3 rings (SSSR count). The summed E-state index contributed by atoms with van der Waals surface area (Å²) in [6.07, 6.45) is 9.31. The number of carbonyl (C=O) groups excluding carboxylic acids is 1. The van der Waals surface area contributed by atoms with Gasteiger partial charge in [-0.1, -0.05) is 11.6 Å². The number of nitrogens with two attached hydrogens (primary N) is 1. The van der Waals surface area contributed by atoms with Crippen LogP contribution in [0.15, 0.2) is 30.0 Å². The number of amides is 1. The first-order chi connectivity index (χ1) is 10.7. The van der Waals surface area contributed by atoms with Crippen LogP contribution in [0.25, 0.3) is 0 Å². The maximum Gasteiger partial charge on any atom is 0.252 e. The van der Waals surface area contributed by atoms with Crippen molar-refractivity contribution in [3.8, 4) is 0 Å². The zero-order valence-electron chi connectivity index (χ0n) is 13.0. The lowest BCUT2D eigenvalue weighted by Crippen LogP contribution is -2.47. The number of pyridine rings is 1. The topological polar surface area (TPSA) is 62.5 Å². The molecule has 1 saturated heterocycles. The fourth-order valence-electron chi connectivity index (χ4n) is 3.29. The minimum absolute atomic E-state index is 0.405. The maximum absolute atomic E-state index is 11.5. The second-order valence-corrected chi connectivity index (χ2v) is 6.11. The minimum atomic E-state index is -0.405. The third-order valence-corrected chi connectivity index (χ3v) is 4.54. The smallest absolute Gasteiger partial charge is 0.252 e. The monoisotopic (exact) mass is 300 g/mol. The number of hydrogen-bond donors (Lipinski definition) is 1. The van der Waals surface area contributed by atoms with Crippen molar-refractivity contribution in [3.63, 3.8) is 0 Å². The number of allylic oxidation sites excluding steroid dienone is 1. The third kappa shape index (κ3) is 3.47. The molecule has 2 heterocycles. The molecule has 5 heteroatoms. The summed E-state index contributed by atoms with van der Waals surface area (Å²) < 4.78 is 0. The van der Waals surface area contributed by atoms with Crippen LogP contribution in [0.1, 0.15) is 36.0 Å². The predicted octanol–water partition coefficient (Wildman–Crippen LogP) is 1.80. The highest BCUT2D eigenvalue weighted by atomic mass is 16.1. The fraction of sp³-hybridized carbons (Fsp3) is 0.529. The Bertz CT molecular complexity index is 562. The van der Waals surface area contributed by atoms with Crippen LogP contribution in [0.5, 0.6) is 0 Å². The van der Waals surface area contributed by atoms with Gasteiger partial charge in [0, 0.05) is 38.9 Å². The number of nitrogens with zero attached hydrogens (tertiary/aromatic N) is 3. The highest BCUT2D eigenvalue weighted by Gasteiger charge is 2.22. The van der Waals surface area contributed by atoms with Gasteiger partial charge in [-0.15, -0.1) is 0 Å². The van der Waals surface area contributed by atoms with E-state index in [1.165, 1.54) is 25.7 Å². The Morgan fingerprint density at radius 2 is 2.05 bits per heavy atom. The molecule has 118 valence electrons. The lowest BCUT2D eigenvalue weighted by atomic mass is 9.99. The first-order valence-electron chi connectivity index (χ1n) is 8.14. The van der Waals surface area contributed by atoms with Gasteiger partial charge in [-0.2, -0.15) is 0 Å². The molecule has 5 nitrogen and oxygen atoms in total. The number of hydrogen-bond acceptors (Lipinski definition) is 4. The molecule has 22 heavy (non-hydrogen) atoms. The van der Waals surface area contributed by atoms with Gasteiger partial charge in [0.25, 0.3) is 5.91 Å². The molecule has 0 atom stereocenters. The normalized spacial score (nSPS) is 19.8.